The molecule has 2 fully saturated rings. The van der Waals surface area contributed by atoms with Crippen molar-refractivity contribution in [2.75, 3.05) is 23.0 Å². The van der Waals surface area contributed by atoms with E-state index in [0.717, 1.165) is 11.5 Å². The van der Waals surface area contributed by atoms with Crippen LogP contribution in [-0.2, 0) is 0 Å². The second-order valence-electron chi connectivity index (χ2n) is 2.83. The quantitative estimate of drug-likeness (QED) is 0.616. The summed E-state index contributed by atoms with van der Waals surface area (Å²) in [6, 6.07) is 0. The molecule has 3 heteroatoms. The molecule has 2 aliphatic heterocycles. The van der Waals surface area contributed by atoms with Crippen LogP contribution in [-0.4, -0.2) is 33.7 Å². The van der Waals surface area contributed by atoms with E-state index in [1.54, 1.807) is 0 Å². The highest BCUT2D eigenvalue weighted by molar-refractivity contribution is 8.01. The van der Waals surface area contributed by atoms with Gasteiger partial charge in [0.15, 0.2) is 0 Å². The molecule has 0 unspecified atom stereocenters. The Kier molecular flexibility index (Phi) is 1.47. The highest BCUT2D eigenvalue weighted by Gasteiger charge is 2.45. The topological polar surface area (TPSA) is 20.2 Å². The van der Waals surface area contributed by atoms with E-state index in [1.165, 1.54) is 11.5 Å². The van der Waals surface area contributed by atoms with Crippen LogP contribution in [0.4, 0.5) is 0 Å². The summed E-state index contributed by atoms with van der Waals surface area (Å²) in [5.41, 5.74) is -0.240. The zero-order valence-corrected chi connectivity index (χ0v) is 6.80. The van der Waals surface area contributed by atoms with Crippen molar-refractivity contribution in [1.82, 2.24) is 0 Å². The van der Waals surface area contributed by atoms with Gasteiger partial charge in [0.1, 0.15) is 0 Å². The maximum absolute atomic E-state index is 9.70. The summed E-state index contributed by atoms with van der Waals surface area (Å²) in [5.74, 6) is 4.98. The molecule has 1 N–H and O–H groups in total. The minimum absolute atomic E-state index is 0.240. The van der Waals surface area contributed by atoms with Gasteiger partial charge in [-0.25, -0.2) is 0 Å². The first-order valence-corrected chi connectivity index (χ1v) is 5.50. The lowest BCUT2D eigenvalue weighted by Gasteiger charge is -2.46. The normalized spacial score (nSPS) is 33.0. The molecule has 52 valence electrons. The molecule has 0 saturated carbocycles. The summed E-state index contributed by atoms with van der Waals surface area (Å²) in [7, 11) is 0. The van der Waals surface area contributed by atoms with E-state index in [2.05, 4.69) is 0 Å². The van der Waals surface area contributed by atoms with Gasteiger partial charge in [0, 0.05) is 17.4 Å². The number of hydrogen-bond acceptors (Lipinski definition) is 3. The van der Waals surface area contributed by atoms with Crippen molar-refractivity contribution in [3.63, 3.8) is 0 Å². The zero-order chi connectivity index (χ0) is 6.32. The van der Waals surface area contributed by atoms with Gasteiger partial charge in [-0.05, 0) is 11.5 Å². The Morgan fingerprint density at radius 2 is 1.89 bits per heavy atom. The summed E-state index contributed by atoms with van der Waals surface area (Å²) in [6.45, 7) is 0. The van der Waals surface area contributed by atoms with Crippen LogP contribution in [0.2, 0.25) is 0 Å². The van der Waals surface area contributed by atoms with Crippen molar-refractivity contribution in [3.05, 3.63) is 0 Å². The summed E-state index contributed by atoms with van der Waals surface area (Å²) >= 11 is 3.81. The Morgan fingerprint density at radius 3 is 2.00 bits per heavy atom. The number of thioether (sulfide) groups is 2. The van der Waals surface area contributed by atoms with E-state index in [9.17, 15) is 5.11 Å². The van der Waals surface area contributed by atoms with Crippen molar-refractivity contribution >= 4 is 23.5 Å². The molecule has 0 aliphatic carbocycles. The van der Waals surface area contributed by atoms with Gasteiger partial charge in [0.05, 0.1) is 5.60 Å². The molecule has 2 saturated heterocycles. The van der Waals surface area contributed by atoms with Gasteiger partial charge >= 0.3 is 0 Å². The van der Waals surface area contributed by atoms with E-state index in [-0.39, 0.29) is 5.60 Å². The van der Waals surface area contributed by atoms with Crippen LogP contribution in [0.3, 0.4) is 0 Å². The number of rotatable bonds is 1. The van der Waals surface area contributed by atoms with Gasteiger partial charge in [0.25, 0.3) is 0 Å². The van der Waals surface area contributed by atoms with Crippen LogP contribution in [0.5, 0.6) is 0 Å². The molecular formula is C6H10OS2. The lowest BCUT2D eigenvalue weighted by molar-refractivity contribution is 0.0308. The maximum atomic E-state index is 9.70. The van der Waals surface area contributed by atoms with Gasteiger partial charge < -0.3 is 5.11 Å². The highest BCUT2D eigenvalue weighted by Crippen LogP contribution is 2.43. The first kappa shape index (κ1) is 6.38. The summed E-state index contributed by atoms with van der Waals surface area (Å²) in [5, 5.41) is 9.70. The van der Waals surface area contributed by atoms with E-state index >= 15 is 0 Å². The molecule has 0 aromatic heterocycles. The predicted molar refractivity (Wildman–Crippen MR) is 43.1 cm³/mol. The summed E-state index contributed by atoms with van der Waals surface area (Å²) in [6.07, 6.45) is 0. The minimum Gasteiger partial charge on any atom is -0.388 e. The fourth-order valence-electron chi connectivity index (χ4n) is 1.09. The molecule has 0 radical (unpaired) electrons. The van der Waals surface area contributed by atoms with Crippen molar-refractivity contribution in [2.45, 2.75) is 5.60 Å². The monoisotopic (exact) mass is 162 g/mol. The molecule has 0 atom stereocenters. The smallest absolute Gasteiger partial charge is 0.0871 e. The maximum Gasteiger partial charge on any atom is 0.0871 e. The van der Waals surface area contributed by atoms with E-state index < -0.39 is 0 Å². The lowest BCUT2D eigenvalue weighted by atomic mass is 9.92. The van der Waals surface area contributed by atoms with Crippen LogP contribution in [0, 0.1) is 5.92 Å². The first-order chi connectivity index (χ1) is 4.31. The highest BCUT2D eigenvalue weighted by atomic mass is 32.2. The van der Waals surface area contributed by atoms with Crippen LogP contribution in [0.25, 0.3) is 0 Å². The standard InChI is InChI=1S/C6H10OS2/c7-6(3-9-4-6)5-1-8-2-5/h5,7H,1-4H2. The fraction of sp³-hybridized carbons (Fsp3) is 1.00. The molecule has 0 amide bonds. The average molecular weight is 162 g/mol. The van der Waals surface area contributed by atoms with E-state index in [1.807, 2.05) is 23.5 Å². The second kappa shape index (κ2) is 2.07. The van der Waals surface area contributed by atoms with Crippen LogP contribution < -0.4 is 0 Å². The summed E-state index contributed by atoms with van der Waals surface area (Å²) in [4.78, 5) is 0. The van der Waals surface area contributed by atoms with Crippen molar-refractivity contribution in [3.8, 4) is 0 Å². The Morgan fingerprint density at radius 1 is 1.22 bits per heavy atom. The lowest BCUT2D eigenvalue weighted by Crippen LogP contribution is -2.54. The third kappa shape index (κ3) is 0.900. The molecule has 0 aromatic carbocycles. The average Bonchev–Trinajstić information content (AvgIpc) is 1.56. The van der Waals surface area contributed by atoms with Crippen molar-refractivity contribution in [2.24, 2.45) is 5.92 Å². The predicted octanol–water partition coefficient (Wildman–Crippen LogP) is 0.827. The Balaban J connectivity index is 1.94. The zero-order valence-electron chi connectivity index (χ0n) is 5.17. The Labute approximate surface area is 63.6 Å². The van der Waals surface area contributed by atoms with E-state index in [0.29, 0.717) is 5.92 Å². The van der Waals surface area contributed by atoms with E-state index in [4.69, 9.17) is 0 Å². The van der Waals surface area contributed by atoms with Crippen LogP contribution >= 0.6 is 23.5 Å². The van der Waals surface area contributed by atoms with Crippen molar-refractivity contribution in [1.29, 1.82) is 0 Å². The number of aliphatic hydroxyl groups is 1. The Hall–Kier alpha value is 0.660. The van der Waals surface area contributed by atoms with Crippen LogP contribution in [0.15, 0.2) is 0 Å². The fourth-order valence-corrected chi connectivity index (χ4v) is 3.28. The molecular weight excluding hydrogens is 152 g/mol. The molecule has 2 rings (SSSR count). The SMILES string of the molecule is OC1(C2CSC2)CSC1. The minimum atomic E-state index is -0.240. The van der Waals surface area contributed by atoms with Crippen molar-refractivity contribution < 1.29 is 5.11 Å². The number of hydrogen-bond donors (Lipinski definition) is 1. The molecule has 0 spiro atoms. The molecule has 2 aliphatic rings. The van der Waals surface area contributed by atoms with Gasteiger partial charge in [0.2, 0.25) is 0 Å². The largest absolute Gasteiger partial charge is 0.388 e. The Bertz CT molecular complexity index is 118. The van der Waals surface area contributed by atoms with Gasteiger partial charge in [-0.2, -0.15) is 23.5 Å². The third-order valence-electron chi connectivity index (χ3n) is 2.10. The molecule has 2 heterocycles. The van der Waals surface area contributed by atoms with Gasteiger partial charge in [-0.15, -0.1) is 0 Å². The molecule has 0 aromatic rings. The molecule has 9 heavy (non-hydrogen) atoms. The molecule has 0 bridgehead atoms. The van der Waals surface area contributed by atoms with Crippen LogP contribution in [0.1, 0.15) is 0 Å². The van der Waals surface area contributed by atoms with Gasteiger partial charge in [-0.3, -0.25) is 0 Å². The molecule has 1 nitrogen and oxygen atoms in total. The first-order valence-electron chi connectivity index (χ1n) is 3.19. The third-order valence-corrected chi connectivity index (χ3v) is 4.79. The summed E-state index contributed by atoms with van der Waals surface area (Å²) < 4.78 is 0. The second-order valence-corrected chi connectivity index (χ2v) is 4.89. The van der Waals surface area contributed by atoms with Gasteiger partial charge in [-0.1, -0.05) is 0 Å².